The van der Waals surface area contributed by atoms with Crippen molar-refractivity contribution >= 4 is 23.1 Å². The van der Waals surface area contributed by atoms with Crippen molar-refractivity contribution in [1.82, 2.24) is 4.98 Å². The maximum atomic E-state index is 5.86. The van der Waals surface area contributed by atoms with Crippen LogP contribution in [0, 0.1) is 0 Å². The Hall–Kier alpha value is -1.74. The summed E-state index contributed by atoms with van der Waals surface area (Å²) in [7, 11) is 0. The molecule has 3 rings (SSSR count). The van der Waals surface area contributed by atoms with Crippen LogP contribution in [0.1, 0.15) is 18.4 Å². The first kappa shape index (κ1) is 13.3. The fourth-order valence-corrected chi connectivity index (χ4v) is 2.66. The molecule has 0 spiro atoms. The van der Waals surface area contributed by atoms with E-state index >= 15 is 0 Å². The summed E-state index contributed by atoms with van der Waals surface area (Å²) in [6.07, 6.45) is 2.62. The van der Waals surface area contributed by atoms with E-state index in [-0.39, 0.29) is 0 Å². The Balaban J connectivity index is 1.60. The molecule has 1 fully saturated rings. The Bertz CT molecular complexity index is 562. The molecule has 0 unspecified atom stereocenters. The van der Waals surface area contributed by atoms with Crippen LogP contribution >= 0.6 is 11.6 Å². The number of rotatable bonds is 4. The highest BCUT2D eigenvalue weighted by atomic mass is 35.5. The first-order valence-corrected chi connectivity index (χ1v) is 7.39. The highest BCUT2D eigenvalue weighted by molar-refractivity contribution is 6.29. The molecule has 1 N–H and O–H groups in total. The monoisotopic (exact) mass is 287 g/mol. The highest BCUT2D eigenvalue weighted by Gasteiger charge is 2.11. The summed E-state index contributed by atoms with van der Waals surface area (Å²) in [4.78, 5) is 6.66. The van der Waals surface area contributed by atoms with Crippen LogP contribution in [-0.4, -0.2) is 18.1 Å². The SMILES string of the molecule is Clc1cccc(NCc2ccc(N3CCCC3)cc2)n1. The van der Waals surface area contributed by atoms with Crippen LogP contribution in [0.3, 0.4) is 0 Å². The van der Waals surface area contributed by atoms with Gasteiger partial charge in [-0.3, -0.25) is 0 Å². The number of hydrogen-bond acceptors (Lipinski definition) is 3. The fraction of sp³-hybridized carbons (Fsp3) is 0.312. The van der Waals surface area contributed by atoms with Gasteiger partial charge in [-0.15, -0.1) is 0 Å². The van der Waals surface area contributed by atoms with Crippen LogP contribution in [0.25, 0.3) is 0 Å². The van der Waals surface area contributed by atoms with E-state index in [0.29, 0.717) is 5.15 Å². The fourth-order valence-electron chi connectivity index (χ4n) is 2.50. The van der Waals surface area contributed by atoms with Crippen molar-refractivity contribution in [1.29, 1.82) is 0 Å². The number of nitrogens with one attached hydrogen (secondary N) is 1. The van der Waals surface area contributed by atoms with Crippen molar-refractivity contribution in [3.8, 4) is 0 Å². The van der Waals surface area contributed by atoms with Crippen molar-refractivity contribution in [2.75, 3.05) is 23.3 Å². The Kier molecular flexibility index (Phi) is 4.07. The van der Waals surface area contributed by atoms with E-state index in [1.807, 2.05) is 12.1 Å². The maximum Gasteiger partial charge on any atom is 0.131 e. The Morgan fingerprint density at radius 3 is 2.50 bits per heavy atom. The average Bonchev–Trinajstić information content (AvgIpc) is 3.00. The van der Waals surface area contributed by atoms with Crippen molar-refractivity contribution in [2.24, 2.45) is 0 Å². The first-order valence-electron chi connectivity index (χ1n) is 7.01. The van der Waals surface area contributed by atoms with Gasteiger partial charge in [0.25, 0.3) is 0 Å². The summed E-state index contributed by atoms with van der Waals surface area (Å²) < 4.78 is 0. The number of anilines is 2. The summed E-state index contributed by atoms with van der Waals surface area (Å²) >= 11 is 5.86. The second kappa shape index (κ2) is 6.14. The molecule has 104 valence electrons. The van der Waals surface area contributed by atoms with E-state index in [0.717, 1.165) is 12.4 Å². The lowest BCUT2D eigenvalue weighted by Crippen LogP contribution is -2.17. The minimum atomic E-state index is 0.513. The van der Waals surface area contributed by atoms with Crippen LogP contribution < -0.4 is 10.2 Å². The molecule has 20 heavy (non-hydrogen) atoms. The van der Waals surface area contributed by atoms with Crippen LogP contribution in [0.5, 0.6) is 0 Å². The van der Waals surface area contributed by atoms with Gasteiger partial charge >= 0.3 is 0 Å². The van der Waals surface area contributed by atoms with Gasteiger partial charge in [0, 0.05) is 25.3 Å². The Labute approximate surface area is 124 Å². The van der Waals surface area contributed by atoms with Gasteiger partial charge in [-0.05, 0) is 42.7 Å². The third-order valence-electron chi connectivity index (χ3n) is 3.60. The van der Waals surface area contributed by atoms with Crippen LogP contribution in [0.15, 0.2) is 42.5 Å². The third-order valence-corrected chi connectivity index (χ3v) is 3.81. The Morgan fingerprint density at radius 1 is 1.05 bits per heavy atom. The Morgan fingerprint density at radius 2 is 1.80 bits per heavy atom. The lowest BCUT2D eigenvalue weighted by Gasteiger charge is -2.17. The van der Waals surface area contributed by atoms with E-state index in [9.17, 15) is 0 Å². The van der Waals surface area contributed by atoms with Gasteiger partial charge in [0.15, 0.2) is 0 Å². The number of halogens is 1. The molecule has 1 aliphatic rings. The number of nitrogens with zero attached hydrogens (tertiary/aromatic N) is 2. The number of aromatic nitrogens is 1. The molecule has 4 heteroatoms. The van der Waals surface area contributed by atoms with Crippen molar-refractivity contribution in [2.45, 2.75) is 19.4 Å². The van der Waals surface area contributed by atoms with Gasteiger partial charge in [-0.2, -0.15) is 0 Å². The normalized spacial score (nSPS) is 14.6. The van der Waals surface area contributed by atoms with Gasteiger partial charge in [0.1, 0.15) is 11.0 Å². The quantitative estimate of drug-likeness (QED) is 0.863. The summed E-state index contributed by atoms with van der Waals surface area (Å²) in [6.45, 7) is 3.13. The molecule has 0 bridgehead atoms. The van der Waals surface area contributed by atoms with Crippen LogP contribution in [0.4, 0.5) is 11.5 Å². The molecule has 1 aromatic carbocycles. The molecule has 1 saturated heterocycles. The highest BCUT2D eigenvalue weighted by Crippen LogP contribution is 2.20. The van der Waals surface area contributed by atoms with Crippen LogP contribution in [0.2, 0.25) is 5.15 Å². The van der Waals surface area contributed by atoms with Crippen LogP contribution in [-0.2, 0) is 6.54 Å². The van der Waals surface area contributed by atoms with E-state index in [1.165, 1.54) is 37.2 Å². The molecule has 0 radical (unpaired) electrons. The van der Waals surface area contributed by atoms with Gasteiger partial charge in [0.05, 0.1) is 0 Å². The molecular formula is C16H18ClN3. The summed E-state index contributed by atoms with van der Waals surface area (Å²) in [5.74, 6) is 0.807. The molecule has 0 aliphatic carbocycles. The summed E-state index contributed by atoms with van der Waals surface area (Å²) in [5.41, 5.74) is 2.57. The zero-order chi connectivity index (χ0) is 13.8. The number of pyridine rings is 1. The topological polar surface area (TPSA) is 28.2 Å². The second-order valence-corrected chi connectivity index (χ2v) is 5.45. The van der Waals surface area contributed by atoms with Gasteiger partial charge in [0.2, 0.25) is 0 Å². The van der Waals surface area contributed by atoms with Crippen molar-refractivity contribution in [3.05, 3.63) is 53.2 Å². The van der Waals surface area contributed by atoms with Crippen molar-refractivity contribution < 1.29 is 0 Å². The zero-order valence-corrected chi connectivity index (χ0v) is 12.1. The minimum Gasteiger partial charge on any atom is -0.372 e. The lowest BCUT2D eigenvalue weighted by molar-refractivity contribution is 0.949. The van der Waals surface area contributed by atoms with E-state index < -0.39 is 0 Å². The summed E-state index contributed by atoms with van der Waals surface area (Å²) in [6, 6.07) is 14.3. The van der Waals surface area contributed by atoms with Gasteiger partial charge in [-0.25, -0.2) is 4.98 Å². The van der Waals surface area contributed by atoms with E-state index in [2.05, 4.69) is 39.5 Å². The maximum absolute atomic E-state index is 5.86. The predicted molar refractivity (Wildman–Crippen MR) is 84.5 cm³/mol. The third kappa shape index (κ3) is 3.23. The molecule has 1 aliphatic heterocycles. The van der Waals surface area contributed by atoms with E-state index in [4.69, 9.17) is 11.6 Å². The lowest BCUT2D eigenvalue weighted by atomic mass is 10.2. The molecule has 0 atom stereocenters. The molecular weight excluding hydrogens is 270 g/mol. The summed E-state index contributed by atoms with van der Waals surface area (Å²) in [5, 5.41) is 3.79. The number of benzene rings is 1. The van der Waals surface area contributed by atoms with E-state index in [1.54, 1.807) is 6.07 Å². The van der Waals surface area contributed by atoms with Gasteiger partial charge < -0.3 is 10.2 Å². The molecule has 2 heterocycles. The number of hydrogen-bond donors (Lipinski definition) is 1. The molecule has 0 saturated carbocycles. The molecule has 3 nitrogen and oxygen atoms in total. The largest absolute Gasteiger partial charge is 0.372 e. The molecule has 2 aromatic rings. The van der Waals surface area contributed by atoms with Crippen molar-refractivity contribution in [3.63, 3.8) is 0 Å². The van der Waals surface area contributed by atoms with Gasteiger partial charge in [-0.1, -0.05) is 29.8 Å². The zero-order valence-electron chi connectivity index (χ0n) is 11.3. The second-order valence-electron chi connectivity index (χ2n) is 5.06. The molecule has 1 aromatic heterocycles. The smallest absolute Gasteiger partial charge is 0.131 e. The standard InChI is InChI=1S/C16H18ClN3/c17-15-4-3-5-16(19-15)18-12-13-6-8-14(9-7-13)20-10-1-2-11-20/h3-9H,1-2,10-12H2,(H,18,19). The average molecular weight is 288 g/mol. The predicted octanol–water partition coefficient (Wildman–Crippen LogP) is 3.95. The minimum absolute atomic E-state index is 0.513. The first-order chi connectivity index (χ1) is 9.81. The molecule has 0 amide bonds.